The third-order valence-corrected chi connectivity index (χ3v) is 0. The quantitative estimate of drug-likeness (QED) is 0.339. The van der Waals surface area contributed by atoms with Crippen molar-refractivity contribution in [3.8, 4) is 0 Å². The molecule has 0 aromatic carbocycles. The summed E-state index contributed by atoms with van der Waals surface area (Å²) in [6, 6.07) is 0. The molecule has 0 amide bonds. The maximum Gasteiger partial charge on any atom is 2.00 e. The predicted octanol–water partition coefficient (Wildman–Crippen LogP) is -2.12. The molecule has 0 aliphatic carbocycles. The summed E-state index contributed by atoms with van der Waals surface area (Å²) in [5.41, 5.74) is 0. The molecular weight excluding hydrogens is 172 g/mol. The van der Waals surface area contributed by atoms with E-state index in [1.807, 2.05) is 0 Å². The zero-order valence-electron chi connectivity index (χ0n) is 5.70. The molecule has 1 N–H and O–H groups in total. The van der Waals surface area contributed by atoms with Crippen molar-refractivity contribution >= 4 is 39.1 Å². The van der Waals surface area contributed by atoms with E-state index in [-0.39, 0.29) is 23.1 Å². The molecule has 0 aromatic rings. The van der Waals surface area contributed by atoms with Crippen LogP contribution in [0.15, 0.2) is 0 Å². The summed E-state index contributed by atoms with van der Waals surface area (Å²) in [4.78, 5) is 8.89. The van der Waals surface area contributed by atoms with Gasteiger partial charge in [0.2, 0.25) is 0 Å². The molecule has 0 atom stereocenters. The molecule has 0 aliphatic heterocycles. The molecule has 56 valence electrons. The first-order chi connectivity index (χ1) is 3.73. The number of carbonyl (C=O) groups is 1. The Labute approximate surface area is 75.3 Å². The normalized spacial score (nSPS) is 8.30. The van der Waals surface area contributed by atoms with Gasteiger partial charge < -0.3 is 9.90 Å². The smallest absolute Gasteiger partial charge is 0.550 e. The number of hydrogen-bond acceptors (Lipinski definition) is 4. The summed E-state index contributed by atoms with van der Waals surface area (Å²) in [5, 5.41) is 8.89. The number of carboxylic acids is 1. The van der Waals surface area contributed by atoms with Crippen molar-refractivity contribution in [3.05, 3.63) is 0 Å². The minimum Gasteiger partial charge on any atom is -0.550 e. The molecule has 0 aromatic heterocycles. The van der Waals surface area contributed by atoms with Crippen molar-refractivity contribution in [3.63, 3.8) is 0 Å². The summed E-state index contributed by atoms with van der Waals surface area (Å²) in [5.74, 6) is -1.08. The van der Waals surface area contributed by atoms with Crippen molar-refractivity contribution in [2.24, 2.45) is 0 Å². The third-order valence-electron chi connectivity index (χ3n) is 0. The molecule has 0 bridgehead atoms. The number of rotatable bonds is 0. The summed E-state index contributed by atoms with van der Waals surface area (Å²) in [6.45, 7) is 0.972. The molecular formula is C3H7MgO5S+. The molecule has 0 radical (unpaired) electrons. The molecule has 7 heteroatoms. The number of carbonyl (C=O) groups excluding carboxylic acids is 1. The largest absolute Gasteiger partial charge is 2.00 e. The summed E-state index contributed by atoms with van der Waals surface area (Å²) < 4.78 is 25.9. The average Bonchev–Trinajstić information content (AvgIpc) is 1.19. The van der Waals surface area contributed by atoms with Gasteiger partial charge >= 0.3 is 23.1 Å². The standard InChI is InChI=1S/C2H4O2.CH4O3S.Mg/c1-2(3)4;1-5(2,3)4;/h1H3,(H,3,4);1H3,(H,2,3,4);/q;;+2/p-1. The van der Waals surface area contributed by atoms with Gasteiger partial charge in [-0.2, -0.15) is 8.42 Å². The molecule has 0 unspecified atom stereocenters. The molecule has 5 nitrogen and oxygen atoms in total. The Morgan fingerprint density at radius 1 is 1.50 bits per heavy atom. The van der Waals surface area contributed by atoms with E-state index in [2.05, 4.69) is 0 Å². The van der Waals surface area contributed by atoms with Crippen molar-refractivity contribution in [2.45, 2.75) is 6.92 Å². The minimum atomic E-state index is -3.67. The van der Waals surface area contributed by atoms with Crippen LogP contribution in [-0.4, -0.2) is 48.2 Å². The summed E-state index contributed by atoms with van der Waals surface area (Å²) >= 11 is 0. The fourth-order valence-electron chi connectivity index (χ4n) is 0. The van der Waals surface area contributed by atoms with Crippen LogP contribution < -0.4 is 5.11 Å². The van der Waals surface area contributed by atoms with Gasteiger partial charge in [0.15, 0.2) is 0 Å². The first-order valence-corrected chi connectivity index (χ1v) is 3.68. The summed E-state index contributed by atoms with van der Waals surface area (Å²) in [6.07, 6.45) is 0.715. The molecule has 0 saturated carbocycles. The van der Waals surface area contributed by atoms with Crippen molar-refractivity contribution < 1.29 is 22.9 Å². The Balaban J connectivity index is -0.0000000910. The van der Waals surface area contributed by atoms with Gasteiger partial charge in [-0.15, -0.1) is 0 Å². The first-order valence-electron chi connectivity index (χ1n) is 1.83. The van der Waals surface area contributed by atoms with Crippen LogP contribution in [0.25, 0.3) is 0 Å². The first kappa shape index (κ1) is 16.6. The van der Waals surface area contributed by atoms with Gasteiger partial charge in [-0.25, -0.2) is 0 Å². The Morgan fingerprint density at radius 2 is 1.50 bits per heavy atom. The van der Waals surface area contributed by atoms with Crippen molar-refractivity contribution in [1.29, 1.82) is 0 Å². The maximum atomic E-state index is 9.19. The van der Waals surface area contributed by atoms with E-state index in [1.54, 1.807) is 0 Å². The molecule has 10 heavy (non-hydrogen) atoms. The second-order valence-corrected chi connectivity index (χ2v) is 2.69. The van der Waals surface area contributed by atoms with E-state index >= 15 is 0 Å². The van der Waals surface area contributed by atoms with Gasteiger partial charge in [0, 0.05) is 5.97 Å². The van der Waals surface area contributed by atoms with Gasteiger partial charge in [-0.3, -0.25) is 4.55 Å². The van der Waals surface area contributed by atoms with Gasteiger partial charge in [0.1, 0.15) is 0 Å². The summed E-state index contributed by atoms with van der Waals surface area (Å²) in [7, 11) is -3.67. The second kappa shape index (κ2) is 7.26. The zero-order valence-corrected chi connectivity index (χ0v) is 7.93. The molecule has 0 fully saturated rings. The van der Waals surface area contributed by atoms with Crippen LogP contribution >= 0.6 is 0 Å². The van der Waals surface area contributed by atoms with E-state index in [4.69, 9.17) is 14.5 Å². The number of hydrogen-bond donors (Lipinski definition) is 1. The van der Waals surface area contributed by atoms with Gasteiger partial charge in [0.25, 0.3) is 10.1 Å². The third kappa shape index (κ3) is 19500. The zero-order chi connectivity index (χ0) is 8.08. The van der Waals surface area contributed by atoms with E-state index in [1.165, 1.54) is 0 Å². The molecule has 0 spiro atoms. The molecule has 0 rings (SSSR count). The molecule has 0 heterocycles. The maximum absolute atomic E-state index is 9.19. The van der Waals surface area contributed by atoms with Gasteiger partial charge in [-0.05, 0) is 6.92 Å². The fourth-order valence-corrected chi connectivity index (χ4v) is 0. The van der Waals surface area contributed by atoms with Gasteiger partial charge in [0.05, 0.1) is 6.26 Å². The molecule has 0 saturated heterocycles. The van der Waals surface area contributed by atoms with Crippen LogP contribution in [0.1, 0.15) is 6.92 Å². The Morgan fingerprint density at radius 3 is 1.50 bits per heavy atom. The average molecular weight is 179 g/mol. The Bertz CT molecular complexity index is 159. The van der Waals surface area contributed by atoms with Crippen LogP contribution in [0, 0.1) is 0 Å². The van der Waals surface area contributed by atoms with E-state index < -0.39 is 16.1 Å². The minimum absolute atomic E-state index is 0. The van der Waals surface area contributed by atoms with E-state index in [9.17, 15) is 8.42 Å². The predicted molar refractivity (Wildman–Crippen MR) is 33.9 cm³/mol. The fraction of sp³-hybridized carbons (Fsp3) is 0.667. The van der Waals surface area contributed by atoms with Crippen LogP contribution in [-0.2, 0) is 14.9 Å². The van der Waals surface area contributed by atoms with E-state index in [0.29, 0.717) is 6.26 Å². The second-order valence-electron chi connectivity index (χ2n) is 1.22. The van der Waals surface area contributed by atoms with Crippen LogP contribution in [0.4, 0.5) is 0 Å². The van der Waals surface area contributed by atoms with Crippen molar-refractivity contribution in [2.75, 3.05) is 6.26 Å². The van der Waals surface area contributed by atoms with Crippen LogP contribution in [0.2, 0.25) is 0 Å². The van der Waals surface area contributed by atoms with Crippen LogP contribution in [0.5, 0.6) is 0 Å². The Kier molecular flexibility index (Phi) is 12.1. The number of aliphatic carboxylic acids is 1. The van der Waals surface area contributed by atoms with Gasteiger partial charge in [-0.1, -0.05) is 0 Å². The Hall–Kier alpha value is 0.146. The topological polar surface area (TPSA) is 94.5 Å². The van der Waals surface area contributed by atoms with E-state index in [0.717, 1.165) is 6.92 Å². The number of carboxylic acid groups (broad SMARTS) is 1. The molecule has 0 aliphatic rings. The van der Waals surface area contributed by atoms with Crippen LogP contribution in [0.3, 0.4) is 0 Å². The SMILES string of the molecule is CC(=O)[O-].CS(=O)(=O)O.[Mg+2]. The van der Waals surface area contributed by atoms with Crippen molar-refractivity contribution in [1.82, 2.24) is 0 Å². The monoisotopic (exact) mass is 179 g/mol.